The van der Waals surface area contributed by atoms with Gasteiger partial charge in [-0.1, -0.05) is 42.3 Å². The van der Waals surface area contributed by atoms with E-state index in [1.807, 2.05) is 65.6 Å². The first kappa shape index (κ1) is 12.7. The molecule has 0 N–H and O–H groups in total. The van der Waals surface area contributed by atoms with Gasteiger partial charge in [0, 0.05) is 11.4 Å². The van der Waals surface area contributed by atoms with Gasteiger partial charge in [0.05, 0.1) is 12.5 Å². The number of terminal acetylenes is 1. The van der Waals surface area contributed by atoms with Crippen LogP contribution in [0.2, 0.25) is 0 Å². The van der Waals surface area contributed by atoms with Gasteiger partial charge >= 0.3 is 0 Å². The summed E-state index contributed by atoms with van der Waals surface area (Å²) in [7, 11) is 0. The van der Waals surface area contributed by atoms with Crippen LogP contribution < -0.4 is 4.90 Å². The van der Waals surface area contributed by atoms with Crippen molar-refractivity contribution >= 4 is 11.4 Å². The third-order valence-electron chi connectivity index (χ3n) is 2.86. The van der Waals surface area contributed by atoms with Crippen LogP contribution in [0.1, 0.15) is 6.42 Å². The normalized spacial score (nSPS) is 11.1. The van der Waals surface area contributed by atoms with Crippen LogP contribution in [0.4, 0.5) is 11.4 Å². The second kappa shape index (κ2) is 6.28. The van der Waals surface area contributed by atoms with E-state index in [9.17, 15) is 0 Å². The lowest BCUT2D eigenvalue weighted by Crippen LogP contribution is -2.29. The van der Waals surface area contributed by atoms with E-state index in [-0.39, 0.29) is 6.04 Å². The first-order valence-corrected chi connectivity index (χ1v) is 6.09. The number of nitriles is 1. The molecule has 0 heterocycles. The lowest BCUT2D eigenvalue weighted by Gasteiger charge is -2.29. The molecule has 0 fully saturated rings. The molecule has 0 bridgehead atoms. The first-order chi connectivity index (χ1) is 9.36. The smallest absolute Gasteiger partial charge is 0.108 e. The third-order valence-corrected chi connectivity index (χ3v) is 2.86. The molecule has 2 heteroatoms. The molecule has 2 nitrogen and oxygen atoms in total. The van der Waals surface area contributed by atoms with Crippen LogP contribution in [0.5, 0.6) is 0 Å². The van der Waals surface area contributed by atoms with Crippen molar-refractivity contribution in [2.24, 2.45) is 0 Å². The second-order valence-corrected chi connectivity index (χ2v) is 4.09. The largest absolute Gasteiger partial charge is 0.326 e. The van der Waals surface area contributed by atoms with Crippen LogP contribution in [0.15, 0.2) is 60.7 Å². The Kier molecular flexibility index (Phi) is 4.21. The van der Waals surface area contributed by atoms with Crippen LogP contribution in [0.3, 0.4) is 0 Å². The number of nitrogens with zero attached hydrogens (tertiary/aromatic N) is 2. The standard InChI is InChI=1S/C17H14N2/c1-2-15(13-14-18)19(16-9-5-3-6-10-16)17-11-7-4-8-12-17/h1,3-12,15H,13H2. The summed E-state index contributed by atoms with van der Waals surface area (Å²) >= 11 is 0. The van der Waals surface area contributed by atoms with Gasteiger partial charge in [-0.25, -0.2) is 0 Å². The van der Waals surface area contributed by atoms with Crippen molar-refractivity contribution < 1.29 is 0 Å². The minimum absolute atomic E-state index is 0.269. The zero-order valence-electron chi connectivity index (χ0n) is 10.5. The summed E-state index contributed by atoms with van der Waals surface area (Å²) in [4.78, 5) is 2.02. The minimum atomic E-state index is -0.269. The van der Waals surface area contributed by atoms with E-state index in [1.54, 1.807) is 0 Å². The van der Waals surface area contributed by atoms with E-state index in [0.717, 1.165) is 11.4 Å². The van der Waals surface area contributed by atoms with E-state index in [1.165, 1.54) is 0 Å². The predicted molar refractivity (Wildman–Crippen MR) is 77.9 cm³/mol. The average Bonchev–Trinajstić information content (AvgIpc) is 2.49. The van der Waals surface area contributed by atoms with E-state index in [2.05, 4.69) is 12.0 Å². The highest BCUT2D eigenvalue weighted by Crippen LogP contribution is 2.28. The van der Waals surface area contributed by atoms with Gasteiger partial charge in [0.1, 0.15) is 6.04 Å². The molecule has 0 saturated carbocycles. The van der Waals surface area contributed by atoms with Crippen LogP contribution in [-0.4, -0.2) is 6.04 Å². The van der Waals surface area contributed by atoms with E-state index >= 15 is 0 Å². The van der Waals surface area contributed by atoms with Crippen LogP contribution in [0.25, 0.3) is 0 Å². The van der Waals surface area contributed by atoms with E-state index in [4.69, 9.17) is 11.7 Å². The Bertz CT molecular complexity index is 551. The number of para-hydroxylation sites is 2. The first-order valence-electron chi connectivity index (χ1n) is 6.09. The molecule has 2 aromatic rings. The van der Waals surface area contributed by atoms with E-state index < -0.39 is 0 Å². The molecule has 1 atom stereocenters. The van der Waals surface area contributed by atoms with Gasteiger partial charge in [-0.3, -0.25) is 0 Å². The molecule has 0 aromatic heterocycles. The maximum absolute atomic E-state index is 8.94. The Morgan fingerprint density at radius 3 is 1.79 bits per heavy atom. The fourth-order valence-corrected chi connectivity index (χ4v) is 2.00. The molecule has 1 unspecified atom stereocenters. The molecule has 2 aromatic carbocycles. The lowest BCUT2D eigenvalue weighted by molar-refractivity contribution is 0.823. The molecule has 2 rings (SSSR count). The molecular formula is C17H14N2. The highest BCUT2D eigenvalue weighted by atomic mass is 15.2. The average molecular weight is 246 g/mol. The van der Waals surface area contributed by atoms with Crippen molar-refractivity contribution in [3.8, 4) is 18.4 Å². The van der Waals surface area contributed by atoms with Gasteiger partial charge in [0.15, 0.2) is 0 Å². The SMILES string of the molecule is C#CC(CC#N)N(c1ccccc1)c1ccccc1. The Hall–Kier alpha value is -2.71. The van der Waals surface area contributed by atoms with Crippen molar-refractivity contribution in [1.82, 2.24) is 0 Å². The van der Waals surface area contributed by atoms with E-state index in [0.29, 0.717) is 6.42 Å². The summed E-state index contributed by atoms with van der Waals surface area (Å²) in [5.41, 5.74) is 1.99. The Morgan fingerprint density at radius 1 is 0.947 bits per heavy atom. The summed E-state index contributed by atoms with van der Waals surface area (Å²) in [5.74, 6) is 2.70. The van der Waals surface area contributed by atoms with Crippen LogP contribution >= 0.6 is 0 Å². The molecule has 0 spiro atoms. The van der Waals surface area contributed by atoms with Crippen LogP contribution in [-0.2, 0) is 0 Å². The highest BCUT2D eigenvalue weighted by molar-refractivity contribution is 5.65. The Labute approximate surface area is 113 Å². The second-order valence-electron chi connectivity index (χ2n) is 4.09. The molecule has 0 aliphatic heterocycles. The third kappa shape index (κ3) is 2.94. The molecule has 0 radical (unpaired) electrons. The zero-order chi connectivity index (χ0) is 13.5. The number of rotatable bonds is 4. The number of anilines is 2. The lowest BCUT2D eigenvalue weighted by atomic mass is 10.1. The fourth-order valence-electron chi connectivity index (χ4n) is 2.00. The molecule has 0 aliphatic carbocycles. The monoisotopic (exact) mass is 246 g/mol. The van der Waals surface area contributed by atoms with Gasteiger partial charge in [0.2, 0.25) is 0 Å². The van der Waals surface area contributed by atoms with Crippen molar-refractivity contribution in [2.75, 3.05) is 4.90 Å². The van der Waals surface area contributed by atoms with Crippen LogP contribution in [0, 0.1) is 23.7 Å². The molecule has 0 amide bonds. The van der Waals surface area contributed by atoms with Crippen molar-refractivity contribution in [3.63, 3.8) is 0 Å². The van der Waals surface area contributed by atoms with Crippen molar-refractivity contribution in [1.29, 1.82) is 5.26 Å². The van der Waals surface area contributed by atoms with Crippen molar-refractivity contribution in [3.05, 3.63) is 60.7 Å². The quantitative estimate of drug-likeness (QED) is 0.768. The molecule has 92 valence electrons. The maximum atomic E-state index is 8.94. The summed E-state index contributed by atoms with van der Waals surface area (Å²) in [6.45, 7) is 0. The van der Waals surface area contributed by atoms with Gasteiger partial charge in [0.25, 0.3) is 0 Å². The molecule has 0 aliphatic rings. The van der Waals surface area contributed by atoms with Gasteiger partial charge in [-0.05, 0) is 24.3 Å². The fraction of sp³-hybridized carbons (Fsp3) is 0.118. The molecule has 19 heavy (non-hydrogen) atoms. The Morgan fingerprint density at radius 2 is 1.42 bits per heavy atom. The van der Waals surface area contributed by atoms with Gasteiger partial charge in [-0.2, -0.15) is 5.26 Å². The zero-order valence-corrected chi connectivity index (χ0v) is 10.5. The number of benzene rings is 2. The maximum Gasteiger partial charge on any atom is 0.108 e. The summed E-state index contributed by atoms with van der Waals surface area (Å²) < 4.78 is 0. The number of hydrogen-bond acceptors (Lipinski definition) is 2. The van der Waals surface area contributed by atoms with Crippen molar-refractivity contribution in [2.45, 2.75) is 12.5 Å². The minimum Gasteiger partial charge on any atom is -0.326 e. The number of hydrogen-bond donors (Lipinski definition) is 0. The Balaban J connectivity index is 2.46. The van der Waals surface area contributed by atoms with Gasteiger partial charge < -0.3 is 4.90 Å². The van der Waals surface area contributed by atoms with Gasteiger partial charge in [-0.15, -0.1) is 6.42 Å². The molecular weight excluding hydrogens is 232 g/mol. The summed E-state index contributed by atoms with van der Waals surface area (Å²) in [6, 6.07) is 21.6. The molecule has 0 saturated heterocycles. The highest BCUT2D eigenvalue weighted by Gasteiger charge is 2.18. The topological polar surface area (TPSA) is 27.0 Å². The summed E-state index contributed by atoms with van der Waals surface area (Å²) in [5, 5.41) is 8.94. The summed E-state index contributed by atoms with van der Waals surface area (Å²) in [6.07, 6.45) is 5.88. The predicted octanol–water partition coefficient (Wildman–Crippen LogP) is 3.74.